The van der Waals surface area contributed by atoms with Gasteiger partial charge in [-0.25, -0.2) is 19.7 Å². The van der Waals surface area contributed by atoms with Crippen LogP contribution in [0, 0.1) is 0 Å². The Morgan fingerprint density at radius 1 is 1.12 bits per heavy atom. The lowest BCUT2D eigenvalue weighted by Crippen LogP contribution is -2.37. The van der Waals surface area contributed by atoms with Crippen LogP contribution in [0.2, 0.25) is 0 Å². The third kappa shape index (κ3) is 6.32. The zero-order valence-electron chi connectivity index (χ0n) is 20.9. The van der Waals surface area contributed by atoms with Gasteiger partial charge in [0.25, 0.3) is 5.91 Å². The molecule has 1 fully saturated rings. The number of likely N-dealkylation sites (tertiary alicyclic amines) is 1. The van der Waals surface area contributed by atoms with E-state index in [9.17, 15) is 27.9 Å². The van der Waals surface area contributed by atoms with Gasteiger partial charge in [0.2, 0.25) is 0 Å². The quantitative estimate of drug-likeness (QED) is 0.225. The van der Waals surface area contributed by atoms with Crippen molar-refractivity contribution >= 4 is 61.5 Å². The zero-order chi connectivity index (χ0) is 28.3. The van der Waals surface area contributed by atoms with E-state index in [1.807, 2.05) is 0 Å². The molecule has 1 aliphatic rings. The highest BCUT2D eigenvalue weighted by atomic mass is 32.1. The lowest BCUT2D eigenvalue weighted by Gasteiger charge is -2.22. The molecule has 4 heterocycles. The molecular formula is C25H24F3N7O3S2. The number of fused-ring (bicyclic) bond motifs is 1. The topological polar surface area (TPSA) is 132 Å². The first-order valence-electron chi connectivity index (χ1n) is 12.3. The molecule has 4 N–H and O–H groups in total. The number of rotatable bonds is 8. The van der Waals surface area contributed by atoms with Crippen molar-refractivity contribution in [2.45, 2.75) is 31.5 Å². The molecule has 3 amide bonds. The first-order chi connectivity index (χ1) is 19.2. The summed E-state index contributed by atoms with van der Waals surface area (Å²) in [6.45, 7) is 1.05. The lowest BCUT2D eigenvalue weighted by molar-refractivity contribution is -0.137. The summed E-state index contributed by atoms with van der Waals surface area (Å²) >= 11 is 2.54. The van der Waals surface area contributed by atoms with Gasteiger partial charge in [-0.1, -0.05) is 6.07 Å². The highest BCUT2D eigenvalue weighted by Crippen LogP contribution is 2.32. The zero-order valence-corrected chi connectivity index (χ0v) is 22.5. The molecule has 1 aromatic carbocycles. The van der Waals surface area contributed by atoms with E-state index in [0.717, 1.165) is 34.6 Å². The van der Waals surface area contributed by atoms with Gasteiger partial charge in [0.1, 0.15) is 12.1 Å². The number of aliphatic hydroxyl groups is 1. The second-order valence-electron chi connectivity index (χ2n) is 8.99. The first-order valence-corrected chi connectivity index (χ1v) is 13.9. The van der Waals surface area contributed by atoms with Crippen molar-refractivity contribution in [3.8, 4) is 0 Å². The van der Waals surface area contributed by atoms with Gasteiger partial charge in [-0.3, -0.25) is 10.1 Å². The summed E-state index contributed by atoms with van der Waals surface area (Å²) in [5.41, 5.74) is -0.194. The number of aromatic nitrogens is 3. The van der Waals surface area contributed by atoms with Gasteiger partial charge in [0.05, 0.1) is 33.3 Å². The molecule has 4 aromatic rings. The highest BCUT2D eigenvalue weighted by Gasteiger charge is 2.31. The van der Waals surface area contributed by atoms with E-state index < -0.39 is 17.8 Å². The molecular weight excluding hydrogens is 567 g/mol. The summed E-state index contributed by atoms with van der Waals surface area (Å²) in [7, 11) is 0. The molecule has 210 valence electrons. The second kappa shape index (κ2) is 11.7. The monoisotopic (exact) mass is 591 g/mol. The molecule has 10 nitrogen and oxygen atoms in total. The van der Waals surface area contributed by atoms with Crippen molar-refractivity contribution in [1.82, 2.24) is 19.9 Å². The number of thiophene rings is 1. The number of nitrogens with zero attached hydrogens (tertiary/aromatic N) is 4. The van der Waals surface area contributed by atoms with E-state index in [1.54, 1.807) is 17.2 Å². The van der Waals surface area contributed by atoms with Gasteiger partial charge in [0, 0.05) is 36.3 Å². The van der Waals surface area contributed by atoms with Crippen LogP contribution < -0.4 is 16.0 Å². The van der Waals surface area contributed by atoms with Gasteiger partial charge >= 0.3 is 12.2 Å². The number of hydrogen-bond acceptors (Lipinski definition) is 9. The largest absolute Gasteiger partial charge is 0.416 e. The standard InChI is InChI=1S/C25H24F3N7O3S2/c26-25(27,28)14-3-1-4-15(9-14)33-23(38)34-24-30-11-17(39-24)6-7-29-21-20-18(31-13-32-21)10-19(40-20)22(37)35-8-2-5-16(35)12-36/h1,3-4,9-11,13,16,36H,2,5-8,12H2,(H,29,31,32)(H2,30,33,34,38)/t16-/m1/s1. The summed E-state index contributed by atoms with van der Waals surface area (Å²) in [6, 6.07) is 5.24. The van der Waals surface area contributed by atoms with E-state index in [0.29, 0.717) is 40.9 Å². The van der Waals surface area contributed by atoms with E-state index in [4.69, 9.17) is 0 Å². The number of aliphatic hydroxyl groups excluding tert-OH is 1. The number of carbonyl (C=O) groups excluding carboxylic acids is 2. The van der Waals surface area contributed by atoms with Crippen LogP contribution in [0.5, 0.6) is 0 Å². The molecule has 1 saturated heterocycles. The van der Waals surface area contributed by atoms with Crippen molar-refractivity contribution in [1.29, 1.82) is 0 Å². The molecule has 40 heavy (non-hydrogen) atoms. The van der Waals surface area contributed by atoms with Crippen molar-refractivity contribution in [3.05, 3.63) is 58.2 Å². The fourth-order valence-electron chi connectivity index (χ4n) is 4.34. The molecule has 0 aliphatic carbocycles. The SMILES string of the molecule is O=C(Nc1cccc(C(F)(F)F)c1)Nc1ncc(CCNc2ncnc3cc(C(=O)N4CCC[C@@H]4CO)sc23)s1. The van der Waals surface area contributed by atoms with Crippen molar-refractivity contribution in [2.24, 2.45) is 0 Å². The van der Waals surface area contributed by atoms with E-state index in [-0.39, 0.29) is 24.2 Å². The number of carbonyl (C=O) groups is 2. The molecule has 0 saturated carbocycles. The molecule has 15 heteroatoms. The second-order valence-corrected chi connectivity index (χ2v) is 11.2. The number of benzene rings is 1. The minimum absolute atomic E-state index is 0.0107. The predicted molar refractivity (Wildman–Crippen MR) is 147 cm³/mol. The summed E-state index contributed by atoms with van der Waals surface area (Å²) in [4.78, 5) is 41.1. The Morgan fingerprint density at radius 3 is 2.77 bits per heavy atom. The maximum absolute atomic E-state index is 13.0. The number of anilines is 3. The van der Waals surface area contributed by atoms with E-state index in [2.05, 4.69) is 30.9 Å². The van der Waals surface area contributed by atoms with Crippen molar-refractivity contribution < 1.29 is 27.9 Å². The average molecular weight is 592 g/mol. The number of urea groups is 1. The normalized spacial score (nSPS) is 15.4. The summed E-state index contributed by atoms with van der Waals surface area (Å²) in [6.07, 6.45) is 0.736. The maximum Gasteiger partial charge on any atom is 0.416 e. The Morgan fingerprint density at radius 2 is 1.98 bits per heavy atom. The molecule has 3 aromatic heterocycles. The lowest BCUT2D eigenvalue weighted by atomic mass is 10.2. The van der Waals surface area contributed by atoms with E-state index in [1.165, 1.54) is 41.1 Å². The van der Waals surface area contributed by atoms with Gasteiger partial charge in [-0.15, -0.1) is 22.7 Å². The fourth-order valence-corrected chi connectivity index (χ4v) is 6.18. The molecule has 0 radical (unpaired) electrons. The Kier molecular flexibility index (Phi) is 8.14. The van der Waals surface area contributed by atoms with Crippen LogP contribution in [-0.4, -0.2) is 62.6 Å². The van der Waals surface area contributed by atoms with Crippen LogP contribution in [0.1, 0.15) is 33.0 Å². The summed E-state index contributed by atoms with van der Waals surface area (Å²) in [5, 5.41) is 18.0. The number of halogens is 3. The molecule has 0 spiro atoms. The molecule has 0 unspecified atom stereocenters. The Bertz CT molecular complexity index is 1520. The molecule has 1 aliphatic heterocycles. The smallest absolute Gasteiger partial charge is 0.394 e. The maximum atomic E-state index is 13.0. The first kappa shape index (κ1) is 27.7. The van der Waals surface area contributed by atoms with Gasteiger partial charge in [0.15, 0.2) is 5.13 Å². The van der Waals surface area contributed by atoms with Crippen molar-refractivity contribution in [2.75, 3.05) is 35.6 Å². The predicted octanol–water partition coefficient (Wildman–Crippen LogP) is 5.06. The Labute approximate surface area is 234 Å². The third-order valence-electron chi connectivity index (χ3n) is 6.26. The van der Waals surface area contributed by atoms with E-state index >= 15 is 0 Å². The van der Waals surface area contributed by atoms with Crippen LogP contribution in [0.4, 0.5) is 34.6 Å². The molecule has 0 bridgehead atoms. The van der Waals surface area contributed by atoms with Gasteiger partial charge in [-0.05, 0) is 37.1 Å². The summed E-state index contributed by atoms with van der Waals surface area (Å²) in [5.74, 6) is 0.477. The number of hydrogen-bond donors (Lipinski definition) is 4. The average Bonchev–Trinajstić information content (AvgIpc) is 3.68. The van der Waals surface area contributed by atoms with Crippen LogP contribution in [-0.2, 0) is 12.6 Å². The van der Waals surface area contributed by atoms with Crippen molar-refractivity contribution in [3.63, 3.8) is 0 Å². The molecule has 1 atom stereocenters. The minimum Gasteiger partial charge on any atom is -0.394 e. The summed E-state index contributed by atoms with van der Waals surface area (Å²) < 4.78 is 39.4. The van der Waals surface area contributed by atoms with Gasteiger partial charge in [-0.2, -0.15) is 13.2 Å². The molecule has 5 rings (SSSR count). The fraction of sp³-hybridized carbons (Fsp3) is 0.320. The van der Waals surface area contributed by atoms with Crippen LogP contribution in [0.25, 0.3) is 10.2 Å². The third-order valence-corrected chi connectivity index (χ3v) is 8.35. The number of amides is 3. The van der Waals surface area contributed by atoms with Gasteiger partial charge < -0.3 is 20.6 Å². The van der Waals surface area contributed by atoms with Crippen LogP contribution in [0.3, 0.4) is 0 Å². The Balaban J connectivity index is 1.16. The number of alkyl halides is 3. The van der Waals surface area contributed by atoms with Crippen LogP contribution >= 0.6 is 22.7 Å². The highest BCUT2D eigenvalue weighted by molar-refractivity contribution is 7.21. The number of nitrogens with one attached hydrogen (secondary N) is 3. The van der Waals surface area contributed by atoms with Crippen LogP contribution in [0.15, 0.2) is 42.9 Å². The Hall–Kier alpha value is -3.82. The number of thiazole rings is 1. The minimum atomic E-state index is -4.51.